The Morgan fingerprint density at radius 2 is 2.07 bits per heavy atom. The number of nitrogens with zero attached hydrogens (tertiary/aromatic N) is 1. The van der Waals surface area contributed by atoms with Gasteiger partial charge in [-0.05, 0) is 31.3 Å². The lowest BCUT2D eigenvalue weighted by Crippen LogP contribution is -2.30. The Morgan fingerprint density at radius 3 is 2.78 bits per heavy atom. The van der Waals surface area contributed by atoms with E-state index in [-0.39, 0.29) is 6.61 Å². The number of nitrogens with one attached hydrogen (secondary N) is 1. The number of hydrogen-bond donors (Lipinski definition) is 2. The first-order chi connectivity index (χ1) is 12.9. The Balaban J connectivity index is 1.65. The molecule has 1 saturated heterocycles. The van der Waals surface area contributed by atoms with Crippen molar-refractivity contribution in [2.45, 2.75) is 30.7 Å². The summed E-state index contributed by atoms with van der Waals surface area (Å²) in [5.74, 6) is 0.418. The predicted molar refractivity (Wildman–Crippen MR) is 105 cm³/mol. The molecule has 7 nitrogen and oxygen atoms in total. The van der Waals surface area contributed by atoms with Gasteiger partial charge in [0.25, 0.3) is 0 Å². The van der Waals surface area contributed by atoms with E-state index < -0.39 is 32.1 Å². The number of aromatic amines is 1. The number of para-hydroxylation sites is 1. The van der Waals surface area contributed by atoms with E-state index in [9.17, 15) is 9.67 Å². The molecule has 0 amide bonds. The maximum atomic E-state index is 11.9. The zero-order chi connectivity index (χ0) is 19.6. The molecule has 0 saturated carbocycles. The first kappa shape index (κ1) is 20.5. The summed E-state index contributed by atoms with van der Waals surface area (Å²) in [7, 11) is -2.42. The second kappa shape index (κ2) is 8.87. The number of aromatic nitrogens is 2. The van der Waals surface area contributed by atoms with E-state index in [1.165, 1.54) is 0 Å². The van der Waals surface area contributed by atoms with Gasteiger partial charge in [0.15, 0.2) is 16.7 Å². The largest absolute Gasteiger partial charge is 0.750 e. The summed E-state index contributed by atoms with van der Waals surface area (Å²) in [6.07, 6.45) is -0.833. The number of aliphatic hydroxyl groups excluding tert-OH is 1. The zero-order valence-electron chi connectivity index (χ0n) is 14.1. The zero-order valence-corrected chi connectivity index (χ0v) is 17.4. The molecule has 0 bridgehead atoms. The van der Waals surface area contributed by atoms with Crippen LogP contribution in [0.5, 0.6) is 5.75 Å². The van der Waals surface area contributed by atoms with Gasteiger partial charge in [-0.1, -0.05) is 30.4 Å². The van der Waals surface area contributed by atoms with Crippen molar-refractivity contribution in [2.24, 2.45) is 0 Å². The lowest BCUT2D eigenvalue weighted by Gasteiger charge is -2.18. The van der Waals surface area contributed by atoms with Crippen LogP contribution in [0.3, 0.4) is 0 Å². The highest BCUT2D eigenvalue weighted by atomic mass is 35.5. The van der Waals surface area contributed by atoms with Crippen molar-refractivity contribution in [1.82, 2.24) is 9.55 Å². The molecule has 1 aliphatic rings. The molecule has 144 valence electrons. The Labute approximate surface area is 171 Å². The van der Waals surface area contributed by atoms with Gasteiger partial charge < -0.3 is 14.8 Å². The third kappa shape index (κ3) is 4.81. The van der Waals surface area contributed by atoms with E-state index in [1.807, 2.05) is 13.0 Å². The molecule has 0 aliphatic carbocycles. The Hall–Kier alpha value is -1.19. The van der Waals surface area contributed by atoms with E-state index in [2.05, 4.69) is 4.98 Å². The highest BCUT2D eigenvalue weighted by Gasteiger charge is 2.45. The normalized spacial score (nSPS) is 25.4. The Kier molecular flexibility index (Phi) is 6.75. The van der Waals surface area contributed by atoms with Crippen LogP contribution in [0.2, 0.25) is 0 Å². The molecule has 0 spiro atoms. The van der Waals surface area contributed by atoms with Crippen LogP contribution >= 0.6 is 44.3 Å². The molecular formula is C16H17ClN2O5PS2+. The van der Waals surface area contributed by atoms with Gasteiger partial charge in [0, 0.05) is 16.3 Å². The molecule has 1 fully saturated rings. The molecule has 2 unspecified atom stereocenters. The average Bonchev–Trinajstić information content (AvgIpc) is 2.92. The molecule has 2 heterocycles. The van der Waals surface area contributed by atoms with Crippen LogP contribution in [0.25, 0.3) is 0 Å². The fourth-order valence-corrected chi connectivity index (χ4v) is 4.00. The lowest BCUT2D eigenvalue weighted by molar-refractivity contribution is -0.0403. The lowest BCUT2D eigenvalue weighted by atomic mass is 10.2. The van der Waals surface area contributed by atoms with E-state index >= 15 is 0 Å². The minimum absolute atomic E-state index is 0.155. The molecule has 1 aliphatic heterocycles. The number of alkyl halides is 1. The molecule has 5 atom stereocenters. The minimum atomic E-state index is -2.42. The number of ether oxygens (including phenoxy) is 1. The van der Waals surface area contributed by atoms with Gasteiger partial charge in [0.2, 0.25) is 0 Å². The molecule has 1 aromatic heterocycles. The van der Waals surface area contributed by atoms with Crippen LogP contribution in [0.4, 0.5) is 0 Å². The Morgan fingerprint density at radius 1 is 1.37 bits per heavy atom. The van der Waals surface area contributed by atoms with Gasteiger partial charge in [-0.3, -0.25) is 4.57 Å². The number of aryl methyl sites for hydroxylation is 1. The van der Waals surface area contributed by atoms with Crippen LogP contribution in [0, 0.1) is 16.3 Å². The minimum Gasteiger partial charge on any atom is -0.389 e. The fourth-order valence-electron chi connectivity index (χ4n) is 2.57. The summed E-state index contributed by atoms with van der Waals surface area (Å²) in [6.45, 7) is 1.67. The molecule has 2 aromatic rings. The quantitative estimate of drug-likeness (QED) is 0.390. The number of halogens is 1. The van der Waals surface area contributed by atoms with Gasteiger partial charge in [-0.25, -0.2) is 4.52 Å². The monoisotopic (exact) mass is 447 g/mol. The third-order valence-corrected chi connectivity index (χ3v) is 5.91. The summed E-state index contributed by atoms with van der Waals surface area (Å²) in [5, 5.41) is 9.58. The SMILES string of the molecule is Cc1cn([C@H]2O[C@@H](CO[P+](=O)Oc3ccccc3)C(O)[C@H]2Cl)c(=S)[nH]c1=S. The van der Waals surface area contributed by atoms with E-state index in [0.717, 1.165) is 5.56 Å². The van der Waals surface area contributed by atoms with Crippen LogP contribution in [-0.2, 0) is 13.8 Å². The first-order valence-corrected chi connectivity index (χ1v) is 10.3. The highest BCUT2D eigenvalue weighted by Crippen LogP contribution is 2.36. The number of H-pyrrole nitrogens is 1. The smallest absolute Gasteiger partial charge is 0.389 e. The van der Waals surface area contributed by atoms with Gasteiger partial charge in [-0.15, -0.1) is 16.1 Å². The van der Waals surface area contributed by atoms with Crippen molar-refractivity contribution in [3.8, 4) is 5.75 Å². The van der Waals surface area contributed by atoms with Gasteiger partial charge in [0.05, 0.1) is 0 Å². The van der Waals surface area contributed by atoms with Crippen molar-refractivity contribution in [3.05, 3.63) is 51.5 Å². The van der Waals surface area contributed by atoms with Crippen molar-refractivity contribution in [2.75, 3.05) is 6.61 Å². The molecule has 27 heavy (non-hydrogen) atoms. The maximum Gasteiger partial charge on any atom is 0.750 e. The molecule has 11 heteroatoms. The number of rotatable bonds is 6. The standard InChI is InChI=1S/C16H16ClN2O5PS2/c1-9-7-19(16(27)18-14(9)26)15-12(17)13(20)11(23-15)8-22-25(21)24-10-5-3-2-4-6-10/h2-7,11-13,15,20H,8H2,1H3/p+1/t11-,12+,13?,15-/m0/s1. The first-order valence-electron chi connectivity index (χ1n) is 7.99. The second-order valence-electron chi connectivity index (χ2n) is 5.90. The highest BCUT2D eigenvalue weighted by molar-refractivity contribution is 7.72. The summed E-state index contributed by atoms with van der Waals surface area (Å²) >= 11 is 16.7. The van der Waals surface area contributed by atoms with Crippen molar-refractivity contribution in [1.29, 1.82) is 0 Å². The van der Waals surface area contributed by atoms with E-state index in [4.69, 9.17) is 49.8 Å². The number of aliphatic hydroxyl groups is 1. The Bertz CT molecular complexity index is 938. The summed E-state index contributed by atoms with van der Waals surface area (Å²) < 4.78 is 30.6. The number of benzene rings is 1. The molecule has 0 radical (unpaired) electrons. The van der Waals surface area contributed by atoms with E-state index in [0.29, 0.717) is 15.2 Å². The van der Waals surface area contributed by atoms with E-state index in [1.54, 1.807) is 35.0 Å². The van der Waals surface area contributed by atoms with Gasteiger partial charge >= 0.3 is 8.25 Å². The summed E-state index contributed by atoms with van der Waals surface area (Å²) in [5.41, 5.74) is 0.791. The molecular weight excluding hydrogens is 431 g/mol. The van der Waals surface area contributed by atoms with Crippen molar-refractivity contribution < 1.29 is 23.5 Å². The van der Waals surface area contributed by atoms with Crippen LogP contribution in [-0.4, -0.2) is 38.8 Å². The third-order valence-electron chi connectivity index (χ3n) is 3.98. The van der Waals surface area contributed by atoms with Gasteiger partial charge in [0.1, 0.15) is 28.8 Å². The van der Waals surface area contributed by atoms with Gasteiger partial charge in [-0.2, -0.15) is 0 Å². The van der Waals surface area contributed by atoms with Crippen LogP contribution in [0.1, 0.15) is 11.8 Å². The number of hydrogen-bond acceptors (Lipinski definition) is 7. The van der Waals surface area contributed by atoms with Crippen LogP contribution < -0.4 is 4.52 Å². The average molecular weight is 448 g/mol. The maximum absolute atomic E-state index is 11.9. The fraction of sp³-hybridized carbons (Fsp3) is 0.375. The molecule has 2 N–H and O–H groups in total. The molecule has 1 aromatic carbocycles. The van der Waals surface area contributed by atoms with Crippen LogP contribution in [0.15, 0.2) is 36.5 Å². The second-order valence-corrected chi connectivity index (χ2v) is 8.09. The molecule has 3 rings (SSSR count). The summed E-state index contributed by atoms with van der Waals surface area (Å²) in [6, 6.07) is 8.63. The van der Waals surface area contributed by atoms with Crippen molar-refractivity contribution >= 4 is 44.3 Å². The predicted octanol–water partition coefficient (Wildman–Crippen LogP) is 4.20. The summed E-state index contributed by atoms with van der Waals surface area (Å²) in [4.78, 5) is 2.89. The van der Waals surface area contributed by atoms with Crippen molar-refractivity contribution in [3.63, 3.8) is 0 Å². The topological polar surface area (TPSA) is 85.7 Å².